The lowest BCUT2D eigenvalue weighted by Crippen LogP contribution is -2.40. The predicted molar refractivity (Wildman–Crippen MR) is 94.8 cm³/mol. The maximum atomic E-state index is 12.6. The van der Waals surface area contributed by atoms with Crippen LogP contribution in [-0.2, 0) is 7.05 Å². The number of carbonyl (C=O) groups is 2. The Morgan fingerprint density at radius 2 is 1.71 bits per heavy atom. The molecule has 1 saturated heterocycles. The van der Waals surface area contributed by atoms with Gasteiger partial charge < -0.3 is 9.47 Å². The van der Waals surface area contributed by atoms with E-state index in [-0.39, 0.29) is 17.6 Å². The highest BCUT2D eigenvalue weighted by Crippen LogP contribution is 2.28. The van der Waals surface area contributed by atoms with Crippen molar-refractivity contribution in [3.63, 3.8) is 0 Å². The van der Waals surface area contributed by atoms with E-state index in [1.807, 2.05) is 30.3 Å². The van der Waals surface area contributed by atoms with Gasteiger partial charge in [0.25, 0.3) is 5.91 Å². The van der Waals surface area contributed by atoms with Crippen molar-refractivity contribution in [3.8, 4) is 0 Å². The van der Waals surface area contributed by atoms with Crippen molar-refractivity contribution in [1.29, 1.82) is 0 Å². The minimum atomic E-state index is -0.100. The molecular formula is C18H18Cl2N2O2. The predicted octanol–water partition coefficient (Wildman–Crippen LogP) is 4.07. The van der Waals surface area contributed by atoms with Crippen LogP contribution >= 0.6 is 23.2 Å². The van der Waals surface area contributed by atoms with Crippen LogP contribution in [0, 0.1) is 5.92 Å². The Labute approximate surface area is 151 Å². The Kier molecular flexibility index (Phi) is 4.97. The van der Waals surface area contributed by atoms with Crippen LogP contribution in [-0.4, -0.2) is 34.2 Å². The number of rotatable bonds is 3. The molecule has 3 rings (SSSR count). The molecule has 0 radical (unpaired) electrons. The molecule has 1 aromatic heterocycles. The van der Waals surface area contributed by atoms with Crippen LogP contribution in [0.1, 0.15) is 33.7 Å². The molecule has 0 N–H and O–H groups in total. The molecule has 1 aliphatic rings. The first-order chi connectivity index (χ1) is 11.5. The number of piperidine rings is 1. The number of halogens is 2. The van der Waals surface area contributed by atoms with Gasteiger partial charge in [-0.1, -0.05) is 53.5 Å². The molecule has 126 valence electrons. The second-order valence-corrected chi connectivity index (χ2v) is 6.79. The fourth-order valence-corrected chi connectivity index (χ4v) is 3.47. The van der Waals surface area contributed by atoms with Crippen molar-refractivity contribution in [3.05, 3.63) is 57.8 Å². The highest BCUT2D eigenvalue weighted by Gasteiger charge is 2.29. The second-order valence-electron chi connectivity index (χ2n) is 6.02. The van der Waals surface area contributed by atoms with Gasteiger partial charge in [0.15, 0.2) is 5.78 Å². The number of amides is 1. The summed E-state index contributed by atoms with van der Waals surface area (Å²) in [5.41, 5.74) is 1.21. The minimum absolute atomic E-state index is 0.0305. The zero-order valence-corrected chi connectivity index (χ0v) is 14.8. The van der Waals surface area contributed by atoms with Gasteiger partial charge in [-0.3, -0.25) is 9.59 Å². The Morgan fingerprint density at radius 3 is 2.25 bits per heavy atom. The van der Waals surface area contributed by atoms with E-state index in [1.165, 1.54) is 0 Å². The van der Waals surface area contributed by atoms with E-state index in [0.29, 0.717) is 41.8 Å². The lowest BCUT2D eigenvalue weighted by atomic mass is 9.89. The summed E-state index contributed by atoms with van der Waals surface area (Å²) in [5.74, 6) is 0.0293. The van der Waals surface area contributed by atoms with Gasteiger partial charge in [0.05, 0.1) is 5.02 Å². The van der Waals surface area contributed by atoms with E-state index in [0.717, 1.165) is 5.56 Å². The fourth-order valence-electron chi connectivity index (χ4n) is 3.09. The molecule has 2 aromatic rings. The van der Waals surface area contributed by atoms with Crippen LogP contribution in [0.4, 0.5) is 0 Å². The zero-order chi connectivity index (χ0) is 17.3. The van der Waals surface area contributed by atoms with E-state index in [9.17, 15) is 9.59 Å². The van der Waals surface area contributed by atoms with Gasteiger partial charge >= 0.3 is 0 Å². The standard InChI is InChI=1S/C18H18Cl2N2O2/c1-21-15(11-14(19)17(21)20)18(24)22-9-7-13(8-10-22)16(23)12-5-3-2-4-6-12/h2-6,11,13H,7-10H2,1H3. The molecule has 4 nitrogen and oxygen atoms in total. The highest BCUT2D eigenvalue weighted by atomic mass is 35.5. The summed E-state index contributed by atoms with van der Waals surface area (Å²) in [7, 11) is 1.72. The lowest BCUT2D eigenvalue weighted by molar-refractivity contribution is 0.0642. The molecule has 6 heteroatoms. The Balaban J connectivity index is 1.65. The summed E-state index contributed by atoms with van der Waals surface area (Å²) in [5, 5.41) is 0.728. The molecule has 2 heterocycles. The van der Waals surface area contributed by atoms with Crippen LogP contribution in [0.2, 0.25) is 10.2 Å². The van der Waals surface area contributed by atoms with E-state index >= 15 is 0 Å². The third-order valence-corrected chi connectivity index (χ3v) is 5.39. The molecule has 1 aromatic carbocycles. The molecule has 0 saturated carbocycles. The van der Waals surface area contributed by atoms with Crippen molar-refractivity contribution in [2.24, 2.45) is 13.0 Å². The van der Waals surface area contributed by atoms with Gasteiger partial charge in [0.2, 0.25) is 0 Å². The third-order valence-electron chi connectivity index (χ3n) is 4.55. The summed E-state index contributed by atoms with van der Waals surface area (Å²) in [4.78, 5) is 26.9. The number of aromatic nitrogens is 1. The maximum Gasteiger partial charge on any atom is 0.270 e. The number of benzene rings is 1. The first-order valence-electron chi connectivity index (χ1n) is 7.88. The molecule has 24 heavy (non-hydrogen) atoms. The molecule has 0 spiro atoms. The van der Waals surface area contributed by atoms with E-state index in [1.54, 1.807) is 22.6 Å². The highest BCUT2D eigenvalue weighted by molar-refractivity contribution is 6.41. The first-order valence-corrected chi connectivity index (χ1v) is 8.64. The van der Waals surface area contributed by atoms with Crippen LogP contribution in [0.25, 0.3) is 0 Å². The van der Waals surface area contributed by atoms with Crippen LogP contribution in [0.5, 0.6) is 0 Å². The van der Waals surface area contributed by atoms with Gasteiger partial charge in [0, 0.05) is 31.6 Å². The number of Topliss-reactive ketones (excluding diaryl/α,β-unsaturated/α-hetero) is 1. The van der Waals surface area contributed by atoms with Crippen molar-refractivity contribution >= 4 is 34.9 Å². The normalized spacial score (nSPS) is 15.5. The molecule has 0 atom stereocenters. The van der Waals surface area contributed by atoms with E-state index in [4.69, 9.17) is 23.2 Å². The van der Waals surface area contributed by atoms with Crippen LogP contribution in [0.15, 0.2) is 36.4 Å². The smallest absolute Gasteiger partial charge is 0.270 e. The van der Waals surface area contributed by atoms with Gasteiger partial charge in [-0.05, 0) is 18.9 Å². The average Bonchev–Trinajstić information content (AvgIpc) is 2.89. The van der Waals surface area contributed by atoms with E-state index < -0.39 is 0 Å². The third kappa shape index (κ3) is 3.21. The maximum absolute atomic E-state index is 12.6. The summed E-state index contributed by atoms with van der Waals surface area (Å²) < 4.78 is 1.59. The van der Waals surface area contributed by atoms with Gasteiger partial charge in [-0.15, -0.1) is 0 Å². The lowest BCUT2D eigenvalue weighted by Gasteiger charge is -2.31. The van der Waals surface area contributed by atoms with Crippen molar-refractivity contribution in [2.75, 3.05) is 13.1 Å². The summed E-state index contributed by atoms with van der Waals surface area (Å²) >= 11 is 12.0. The summed E-state index contributed by atoms with van der Waals surface area (Å²) in [6, 6.07) is 10.9. The van der Waals surface area contributed by atoms with Crippen LogP contribution in [0.3, 0.4) is 0 Å². The Morgan fingerprint density at radius 1 is 1.08 bits per heavy atom. The largest absolute Gasteiger partial charge is 0.337 e. The van der Waals surface area contributed by atoms with Crippen LogP contribution < -0.4 is 0 Å². The first kappa shape index (κ1) is 17.1. The Hall–Kier alpha value is -1.78. The minimum Gasteiger partial charge on any atom is -0.337 e. The molecule has 0 aliphatic carbocycles. The average molecular weight is 365 g/mol. The second kappa shape index (κ2) is 6.99. The number of nitrogens with zero attached hydrogens (tertiary/aromatic N) is 2. The van der Waals surface area contributed by atoms with Gasteiger partial charge in [0.1, 0.15) is 10.8 Å². The molecule has 0 unspecified atom stereocenters. The molecule has 1 fully saturated rings. The molecule has 1 aliphatic heterocycles. The van der Waals surface area contributed by atoms with Crippen molar-refractivity contribution in [1.82, 2.24) is 9.47 Å². The quantitative estimate of drug-likeness (QED) is 0.770. The fraction of sp³-hybridized carbons (Fsp3) is 0.333. The number of carbonyl (C=O) groups excluding carboxylic acids is 2. The molecule has 0 bridgehead atoms. The monoisotopic (exact) mass is 364 g/mol. The molecular weight excluding hydrogens is 347 g/mol. The topological polar surface area (TPSA) is 42.3 Å². The van der Waals surface area contributed by atoms with Gasteiger partial charge in [-0.2, -0.15) is 0 Å². The number of ketones is 1. The molecule has 1 amide bonds. The Bertz CT molecular complexity index is 763. The summed E-state index contributed by atoms with van der Waals surface area (Å²) in [6.45, 7) is 1.12. The SMILES string of the molecule is Cn1c(C(=O)N2CCC(C(=O)c3ccccc3)CC2)cc(Cl)c1Cl. The summed E-state index contributed by atoms with van der Waals surface area (Å²) in [6.07, 6.45) is 1.34. The zero-order valence-electron chi connectivity index (χ0n) is 13.3. The number of hydrogen-bond acceptors (Lipinski definition) is 2. The van der Waals surface area contributed by atoms with E-state index in [2.05, 4.69) is 0 Å². The number of hydrogen-bond donors (Lipinski definition) is 0. The van der Waals surface area contributed by atoms with Crippen molar-refractivity contribution < 1.29 is 9.59 Å². The van der Waals surface area contributed by atoms with Gasteiger partial charge in [-0.25, -0.2) is 0 Å². The number of likely N-dealkylation sites (tertiary alicyclic amines) is 1. The van der Waals surface area contributed by atoms with Crippen molar-refractivity contribution in [2.45, 2.75) is 12.8 Å².